The smallest absolute Gasteiger partial charge is 0.198 e. The van der Waals surface area contributed by atoms with Crippen LogP contribution in [0.5, 0.6) is 0 Å². The van der Waals surface area contributed by atoms with Crippen LogP contribution in [0.4, 0.5) is 0 Å². The molecule has 15 heavy (non-hydrogen) atoms. The molecule has 1 aromatic rings. The lowest BCUT2D eigenvalue weighted by Gasteiger charge is -2.15. The topological polar surface area (TPSA) is 44.1 Å². The number of rotatable bonds is 3. The van der Waals surface area contributed by atoms with E-state index < -0.39 is 0 Å². The van der Waals surface area contributed by atoms with Crippen LogP contribution in [0.25, 0.3) is 0 Å². The summed E-state index contributed by atoms with van der Waals surface area (Å²) in [5.74, 6) is 0.817. The van der Waals surface area contributed by atoms with Gasteiger partial charge in [-0.25, -0.2) is 4.98 Å². The molecule has 0 radical (unpaired) electrons. The van der Waals surface area contributed by atoms with Gasteiger partial charge in [-0.15, -0.1) is 0 Å². The van der Waals surface area contributed by atoms with E-state index in [0.717, 1.165) is 30.8 Å². The van der Waals surface area contributed by atoms with Crippen LogP contribution < -0.4 is 0 Å². The lowest BCUT2D eigenvalue weighted by atomic mass is 10.1. The third kappa shape index (κ3) is 1.81. The number of aromatic nitrogens is 2. The number of ether oxygens (including phenoxy) is 1. The number of hydrogen-bond acceptors (Lipinski definition) is 3. The molecule has 0 fully saturated rings. The van der Waals surface area contributed by atoms with Crippen molar-refractivity contribution in [2.75, 3.05) is 13.7 Å². The highest BCUT2D eigenvalue weighted by Crippen LogP contribution is 2.19. The highest BCUT2D eigenvalue weighted by molar-refractivity contribution is 5.93. The van der Waals surface area contributed by atoms with Gasteiger partial charge in [-0.2, -0.15) is 0 Å². The Morgan fingerprint density at radius 2 is 2.33 bits per heavy atom. The number of aryl methyl sites for hydroxylation is 1. The number of hydrogen-bond donors (Lipinski definition) is 0. The van der Waals surface area contributed by atoms with E-state index in [1.54, 1.807) is 7.11 Å². The fourth-order valence-electron chi connectivity index (χ4n) is 2.08. The number of ketones is 1. The number of carbonyl (C=O) groups excluding carboxylic acids is 1. The zero-order chi connectivity index (χ0) is 10.8. The summed E-state index contributed by atoms with van der Waals surface area (Å²) in [5.41, 5.74) is 2.12. The van der Waals surface area contributed by atoms with Crippen LogP contribution >= 0.6 is 0 Å². The van der Waals surface area contributed by atoms with Crippen LogP contribution in [0.3, 0.4) is 0 Å². The zero-order valence-electron chi connectivity index (χ0n) is 9.25. The minimum absolute atomic E-state index is 0.174. The van der Waals surface area contributed by atoms with Gasteiger partial charge < -0.3 is 9.30 Å². The van der Waals surface area contributed by atoms with Gasteiger partial charge in [0.2, 0.25) is 0 Å². The quantitative estimate of drug-likeness (QED) is 0.753. The second-order valence-corrected chi connectivity index (χ2v) is 3.89. The minimum Gasteiger partial charge on any atom is -0.384 e. The predicted molar refractivity (Wildman–Crippen MR) is 56.1 cm³/mol. The molecule has 2 rings (SSSR count). The number of fused-ring (bicyclic) bond motifs is 1. The van der Waals surface area contributed by atoms with Crippen molar-refractivity contribution in [2.24, 2.45) is 0 Å². The van der Waals surface area contributed by atoms with Crippen molar-refractivity contribution in [3.05, 3.63) is 17.2 Å². The summed E-state index contributed by atoms with van der Waals surface area (Å²) >= 11 is 0. The molecule has 0 aliphatic carbocycles. The second kappa shape index (κ2) is 4.14. The molecule has 4 nitrogen and oxygen atoms in total. The van der Waals surface area contributed by atoms with Gasteiger partial charge in [-0.3, -0.25) is 4.79 Å². The maximum absolute atomic E-state index is 11.6. The standard InChI is InChI=1S/C11H16N2O2/c1-8-9(5-7-15-2)13-6-3-4-10(14)11(13)12-8/h3-7H2,1-2H3. The Morgan fingerprint density at radius 3 is 3.07 bits per heavy atom. The van der Waals surface area contributed by atoms with Gasteiger partial charge >= 0.3 is 0 Å². The third-order valence-corrected chi connectivity index (χ3v) is 2.85. The first-order chi connectivity index (χ1) is 7.24. The molecule has 0 saturated heterocycles. The number of carbonyl (C=O) groups is 1. The largest absolute Gasteiger partial charge is 0.384 e. The van der Waals surface area contributed by atoms with Crippen LogP contribution in [-0.4, -0.2) is 29.1 Å². The average Bonchev–Trinajstić information content (AvgIpc) is 2.54. The molecule has 0 amide bonds. The molecule has 82 valence electrons. The highest BCUT2D eigenvalue weighted by Gasteiger charge is 2.22. The van der Waals surface area contributed by atoms with Gasteiger partial charge in [0, 0.05) is 32.2 Å². The van der Waals surface area contributed by atoms with E-state index in [9.17, 15) is 4.79 Å². The minimum atomic E-state index is 0.174. The van der Waals surface area contributed by atoms with Crippen molar-refractivity contribution in [1.29, 1.82) is 0 Å². The van der Waals surface area contributed by atoms with Gasteiger partial charge in [-0.1, -0.05) is 0 Å². The molecule has 0 aromatic carbocycles. The molecule has 0 spiro atoms. The average molecular weight is 208 g/mol. The molecule has 1 aromatic heterocycles. The first-order valence-electron chi connectivity index (χ1n) is 5.32. The first-order valence-corrected chi connectivity index (χ1v) is 5.32. The van der Waals surface area contributed by atoms with E-state index in [-0.39, 0.29) is 5.78 Å². The van der Waals surface area contributed by atoms with Crippen molar-refractivity contribution in [3.8, 4) is 0 Å². The molecule has 2 heterocycles. The Hall–Kier alpha value is -1.16. The molecule has 0 saturated carbocycles. The Labute approximate surface area is 89.3 Å². The van der Waals surface area contributed by atoms with Crippen LogP contribution in [0.1, 0.15) is 34.8 Å². The summed E-state index contributed by atoms with van der Waals surface area (Å²) in [5, 5.41) is 0. The fourth-order valence-corrected chi connectivity index (χ4v) is 2.08. The Balaban J connectivity index is 2.33. The predicted octanol–water partition coefficient (Wildman–Crippen LogP) is 1.36. The maximum Gasteiger partial charge on any atom is 0.198 e. The van der Waals surface area contributed by atoms with Crippen molar-refractivity contribution in [1.82, 2.24) is 9.55 Å². The summed E-state index contributed by atoms with van der Waals surface area (Å²) < 4.78 is 7.12. The van der Waals surface area contributed by atoms with E-state index in [1.165, 1.54) is 0 Å². The van der Waals surface area contributed by atoms with Crippen LogP contribution in [-0.2, 0) is 17.7 Å². The molecule has 1 aliphatic heterocycles. The van der Waals surface area contributed by atoms with Gasteiger partial charge in [0.15, 0.2) is 11.6 Å². The molecule has 4 heteroatoms. The molecule has 0 N–H and O–H groups in total. The van der Waals surface area contributed by atoms with Crippen molar-refractivity contribution < 1.29 is 9.53 Å². The van der Waals surface area contributed by atoms with Crippen LogP contribution in [0.15, 0.2) is 0 Å². The van der Waals surface area contributed by atoms with E-state index in [4.69, 9.17) is 4.74 Å². The summed E-state index contributed by atoms with van der Waals surface area (Å²) in [4.78, 5) is 16.0. The highest BCUT2D eigenvalue weighted by atomic mass is 16.5. The Kier molecular flexibility index (Phi) is 2.86. The second-order valence-electron chi connectivity index (χ2n) is 3.89. The van der Waals surface area contributed by atoms with E-state index in [0.29, 0.717) is 18.9 Å². The molecular formula is C11H16N2O2. The monoisotopic (exact) mass is 208 g/mol. The number of methoxy groups -OCH3 is 1. The lowest BCUT2D eigenvalue weighted by molar-refractivity contribution is 0.0948. The van der Waals surface area contributed by atoms with E-state index in [1.807, 2.05) is 6.92 Å². The summed E-state index contributed by atoms with van der Waals surface area (Å²) in [6.07, 6.45) is 2.41. The third-order valence-electron chi connectivity index (χ3n) is 2.85. The van der Waals surface area contributed by atoms with E-state index >= 15 is 0 Å². The molecule has 0 atom stereocenters. The van der Waals surface area contributed by atoms with Gasteiger partial charge in [0.1, 0.15) is 0 Å². The van der Waals surface area contributed by atoms with Crippen molar-refractivity contribution >= 4 is 5.78 Å². The molecule has 0 bridgehead atoms. The zero-order valence-corrected chi connectivity index (χ0v) is 9.25. The SMILES string of the molecule is COCCc1c(C)nc2n1CCCC2=O. The fraction of sp³-hybridized carbons (Fsp3) is 0.636. The summed E-state index contributed by atoms with van der Waals surface area (Å²) in [6, 6.07) is 0. The van der Waals surface area contributed by atoms with Gasteiger partial charge in [-0.05, 0) is 13.3 Å². The van der Waals surface area contributed by atoms with Crippen LogP contribution in [0.2, 0.25) is 0 Å². The van der Waals surface area contributed by atoms with E-state index in [2.05, 4.69) is 9.55 Å². The maximum atomic E-state index is 11.6. The van der Waals surface area contributed by atoms with Crippen LogP contribution in [0, 0.1) is 6.92 Å². The number of imidazole rings is 1. The summed E-state index contributed by atoms with van der Waals surface area (Å²) in [7, 11) is 1.69. The molecular weight excluding hydrogens is 192 g/mol. The van der Waals surface area contributed by atoms with Crippen molar-refractivity contribution in [2.45, 2.75) is 32.7 Å². The van der Waals surface area contributed by atoms with Crippen molar-refractivity contribution in [3.63, 3.8) is 0 Å². The number of Topliss-reactive ketones (excluding diaryl/α,β-unsaturated/α-hetero) is 1. The summed E-state index contributed by atoms with van der Waals surface area (Å²) in [6.45, 7) is 3.56. The Bertz CT molecular complexity index is 382. The number of nitrogens with zero attached hydrogens (tertiary/aromatic N) is 2. The molecule has 0 unspecified atom stereocenters. The van der Waals surface area contributed by atoms with Gasteiger partial charge in [0.05, 0.1) is 12.3 Å². The Morgan fingerprint density at radius 1 is 1.53 bits per heavy atom. The molecule has 1 aliphatic rings. The lowest BCUT2D eigenvalue weighted by Crippen LogP contribution is -2.19. The normalized spacial score (nSPS) is 15.5. The first kappa shape index (κ1) is 10.4. The van der Waals surface area contributed by atoms with Gasteiger partial charge in [0.25, 0.3) is 0 Å².